The highest BCUT2D eigenvalue weighted by Crippen LogP contribution is 2.33. The maximum Gasteiger partial charge on any atom is 0.143 e. The van der Waals surface area contributed by atoms with Crippen LogP contribution >= 0.6 is 0 Å². The Morgan fingerprint density at radius 2 is 1.78 bits per heavy atom. The van der Waals surface area contributed by atoms with Crippen molar-refractivity contribution < 1.29 is 4.39 Å². The summed E-state index contributed by atoms with van der Waals surface area (Å²) in [6.07, 6.45) is 2.70. The molecule has 4 heteroatoms. The lowest BCUT2D eigenvalue weighted by Gasteiger charge is -2.25. The molecule has 27 heavy (non-hydrogen) atoms. The molecule has 0 spiro atoms. The monoisotopic (exact) mass is 357 g/mol. The third-order valence-electron chi connectivity index (χ3n) is 4.47. The van der Waals surface area contributed by atoms with Gasteiger partial charge in [0.2, 0.25) is 0 Å². The van der Waals surface area contributed by atoms with Crippen molar-refractivity contribution in [2.45, 2.75) is 13.3 Å². The Kier molecular flexibility index (Phi) is 4.79. The summed E-state index contributed by atoms with van der Waals surface area (Å²) in [7, 11) is 0. The summed E-state index contributed by atoms with van der Waals surface area (Å²) in [5.41, 5.74) is 3.55. The molecule has 3 nitrogen and oxygen atoms in total. The summed E-state index contributed by atoms with van der Waals surface area (Å²) in [5.74, 6) is 0.544. The topological polar surface area (TPSA) is 29.0 Å². The van der Waals surface area contributed by atoms with E-state index in [9.17, 15) is 4.39 Å². The average Bonchev–Trinajstić information content (AvgIpc) is 2.72. The minimum Gasteiger partial charge on any atom is -0.326 e. The first-order valence-corrected chi connectivity index (χ1v) is 9.10. The molecule has 0 saturated heterocycles. The highest BCUT2D eigenvalue weighted by atomic mass is 19.1. The second-order valence-corrected chi connectivity index (χ2v) is 6.40. The Morgan fingerprint density at radius 1 is 0.926 bits per heavy atom. The number of rotatable bonds is 5. The van der Waals surface area contributed by atoms with Gasteiger partial charge in [-0.15, -0.1) is 0 Å². The molecule has 4 aromatic rings. The zero-order valence-corrected chi connectivity index (χ0v) is 15.1. The normalized spacial score (nSPS) is 10.9. The van der Waals surface area contributed by atoms with Crippen LogP contribution in [0.25, 0.3) is 22.2 Å². The van der Waals surface area contributed by atoms with Crippen molar-refractivity contribution in [1.82, 2.24) is 9.97 Å². The zero-order valence-electron chi connectivity index (χ0n) is 15.1. The molecule has 2 heterocycles. The van der Waals surface area contributed by atoms with E-state index >= 15 is 0 Å². The van der Waals surface area contributed by atoms with Crippen LogP contribution in [0.2, 0.25) is 0 Å². The minimum atomic E-state index is -0.254. The Labute approximate surface area is 158 Å². The van der Waals surface area contributed by atoms with Gasteiger partial charge in [0.1, 0.15) is 11.6 Å². The third kappa shape index (κ3) is 3.51. The van der Waals surface area contributed by atoms with Crippen LogP contribution in [0.4, 0.5) is 15.9 Å². The number of hydrogen-bond donors (Lipinski definition) is 0. The largest absolute Gasteiger partial charge is 0.326 e. The number of fused-ring (bicyclic) bond motifs is 1. The van der Waals surface area contributed by atoms with E-state index < -0.39 is 0 Å². The van der Waals surface area contributed by atoms with E-state index in [1.807, 2.05) is 54.6 Å². The first-order valence-electron chi connectivity index (χ1n) is 9.10. The highest BCUT2D eigenvalue weighted by Gasteiger charge is 2.16. The van der Waals surface area contributed by atoms with Gasteiger partial charge < -0.3 is 4.90 Å². The van der Waals surface area contributed by atoms with Gasteiger partial charge in [-0.05, 0) is 42.8 Å². The summed E-state index contributed by atoms with van der Waals surface area (Å²) in [6.45, 7) is 2.84. The quantitative estimate of drug-likeness (QED) is 0.440. The fraction of sp³-hybridized carbons (Fsp3) is 0.130. The number of hydrogen-bond acceptors (Lipinski definition) is 3. The molecule has 0 fully saturated rings. The van der Waals surface area contributed by atoms with Crippen molar-refractivity contribution in [2.75, 3.05) is 11.4 Å². The summed E-state index contributed by atoms with van der Waals surface area (Å²) in [4.78, 5) is 11.6. The number of nitrogens with zero attached hydrogens (tertiary/aromatic N) is 3. The standard InChI is InChI=1S/C23H20FN3/c1-2-14-27(19-11-6-10-18(24)15-19)23-20-12-7-13-25-22(20)16-21(26-23)17-8-4-3-5-9-17/h3-13,15-16H,2,14H2,1H3. The fourth-order valence-corrected chi connectivity index (χ4v) is 3.25. The average molecular weight is 357 g/mol. The molecule has 0 unspecified atom stereocenters. The molecule has 0 atom stereocenters. The van der Waals surface area contributed by atoms with Crippen LogP contribution in [-0.4, -0.2) is 16.5 Å². The summed E-state index contributed by atoms with van der Waals surface area (Å²) in [6, 6.07) is 22.6. The molecule has 0 bridgehead atoms. The van der Waals surface area contributed by atoms with Crippen LogP contribution in [0.1, 0.15) is 13.3 Å². The maximum absolute atomic E-state index is 13.9. The number of pyridine rings is 2. The van der Waals surface area contributed by atoms with E-state index in [1.165, 1.54) is 6.07 Å². The Balaban J connectivity index is 1.95. The van der Waals surface area contributed by atoms with Crippen LogP contribution in [0.5, 0.6) is 0 Å². The number of benzene rings is 2. The van der Waals surface area contributed by atoms with E-state index in [4.69, 9.17) is 4.98 Å². The zero-order chi connectivity index (χ0) is 18.6. The molecule has 0 aliphatic carbocycles. The van der Waals surface area contributed by atoms with Gasteiger partial charge in [-0.2, -0.15) is 0 Å². The predicted molar refractivity (Wildman–Crippen MR) is 109 cm³/mol. The fourth-order valence-electron chi connectivity index (χ4n) is 3.25. The summed E-state index contributed by atoms with van der Waals surface area (Å²) >= 11 is 0. The minimum absolute atomic E-state index is 0.254. The number of halogens is 1. The molecule has 2 aromatic heterocycles. The number of anilines is 2. The Morgan fingerprint density at radius 3 is 2.56 bits per heavy atom. The Hall–Kier alpha value is -3.27. The smallest absolute Gasteiger partial charge is 0.143 e. The molecule has 0 aliphatic heterocycles. The SMILES string of the molecule is CCCN(c1cccc(F)c1)c1nc(-c2ccccc2)cc2ncccc12. The van der Waals surface area contributed by atoms with Gasteiger partial charge in [0.15, 0.2) is 0 Å². The van der Waals surface area contributed by atoms with Gasteiger partial charge in [-0.1, -0.05) is 43.3 Å². The van der Waals surface area contributed by atoms with Crippen molar-refractivity contribution in [2.24, 2.45) is 0 Å². The maximum atomic E-state index is 13.9. The van der Waals surface area contributed by atoms with E-state index in [1.54, 1.807) is 18.3 Å². The van der Waals surface area contributed by atoms with Gasteiger partial charge in [0, 0.05) is 29.4 Å². The van der Waals surface area contributed by atoms with E-state index in [-0.39, 0.29) is 5.82 Å². The first-order chi connectivity index (χ1) is 13.3. The van der Waals surface area contributed by atoms with Crippen LogP contribution in [0.15, 0.2) is 79.0 Å². The van der Waals surface area contributed by atoms with Crippen molar-refractivity contribution in [1.29, 1.82) is 0 Å². The van der Waals surface area contributed by atoms with E-state index in [0.29, 0.717) is 0 Å². The van der Waals surface area contributed by atoms with Crippen molar-refractivity contribution in [3.63, 3.8) is 0 Å². The summed E-state index contributed by atoms with van der Waals surface area (Å²) in [5, 5.41) is 0.954. The number of aromatic nitrogens is 2. The van der Waals surface area contributed by atoms with Crippen molar-refractivity contribution in [3.8, 4) is 11.3 Å². The van der Waals surface area contributed by atoms with Crippen LogP contribution < -0.4 is 4.90 Å². The first kappa shape index (κ1) is 17.2. The molecular weight excluding hydrogens is 337 g/mol. The second kappa shape index (κ2) is 7.54. The van der Waals surface area contributed by atoms with Crippen LogP contribution in [0, 0.1) is 5.82 Å². The van der Waals surface area contributed by atoms with E-state index in [2.05, 4.69) is 16.8 Å². The Bertz CT molecular complexity index is 1060. The highest BCUT2D eigenvalue weighted by molar-refractivity contribution is 5.94. The third-order valence-corrected chi connectivity index (χ3v) is 4.47. The lowest BCUT2D eigenvalue weighted by Crippen LogP contribution is -2.20. The van der Waals surface area contributed by atoms with Gasteiger partial charge in [0.05, 0.1) is 11.2 Å². The van der Waals surface area contributed by atoms with Crippen LogP contribution in [-0.2, 0) is 0 Å². The lowest BCUT2D eigenvalue weighted by atomic mass is 10.1. The molecule has 2 aromatic carbocycles. The lowest BCUT2D eigenvalue weighted by molar-refractivity contribution is 0.627. The molecule has 0 aliphatic rings. The molecule has 4 rings (SSSR count). The van der Waals surface area contributed by atoms with Crippen molar-refractivity contribution >= 4 is 22.4 Å². The van der Waals surface area contributed by atoms with Gasteiger partial charge in [0.25, 0.3) is 0 Å². The predicted octanol–water partition coefficient (Wildman–Crippen LogP) is 5.98. The molecule has 0 saturated carbocycles. The van der Waals surface area contributed by atoms with E-state index in [0.717, 1.165) is 46.6 Å². The molecule has 0 N–H and O–H groups in total. The van der Waals surface area contributed by atoms with Gasteiger partial charge >= 0.3 is 0 Å². The summed E-state index contributed by atoms with van der Waals surface area (Å²) < 4.78 is 13.9. The van der Waals surface area contributed by atoms with Crippen molar-refractivity contribution in [3.05, 3.63) is 84.8 Å². The van der Waals surface area contributed by atoms with Crippen LogP contribution in [0.3, 0.4) is 0 Å². The molecule has 134 valence electrons. The van der Waals surface area contributed by atoms with Gasteiger partial charge in [-0.25, -0.2) is 9.37 Å². The van der Waals surface area contributed by atoms with Gasteiger partial charge in [-0.3, -0.25) is 4.98 Å². The molecular formula is C23H20FN3. The molecule has 0 amide bonds. The second-order valence-electron chi connectivity index (χ2n) is 6.40. The molecule has 0 radical (unpaired) electrons.